The fourth-order valence-electron chi connectivity index (χ4n) is 4.52. The maximum atomic E-state index is 13.7. The molecule has 1 aliphatic carbocycles. The molecule has 2 amide bonds. The number of carbonyl (C=O) groups excluding carboxylic acids is 2. The van der Waals surface area contributed by atoms with Crippen LogP contribution in [-0.2, 0) is 11.3 Å². The van der Waals surface area contributed by atoms with Crippen molar-refractivity contribution in [2.45, 2.75) is 52.5 Å². The average Bonchev–Trinajstić information content (AvgIpc) is 2.89. The minimum atomic E-state index is -0.314. The molecular weight excluding hydrogens is 478 g/mol. The first kappa shape index (κ1) is 27.8. The van der Waals surface area contributed by atoms with Crippen LogP contribution in [0.4, 0.5) is 5.69 Å². The molecule has 0 atom stereocenters. The Balaban J connectivity index is 1.86. The summed E-state index contributed by atoms with van der Waals surface area (Å²) < 4.78 is 10.7. The Morgan fingerprint density at radius 1 is 1.06 bits per heavy atom. The number of nitrogens with zero attached hydrogens (tertiary/aromatic N) is 1. The third-order valence-corrected chi connectivity index (χ3v) is 7.11. The number of halogens is 1. The molecular formula is C28H38ClN3O4. The molecule has 0 saturated heterocycles. The molecule has 0 radical (unpaired) electrons. The number of nitrogens with two attached hydrogens (primary N) is 1. The number of ether oxygens (including phenoxy) is 2. The minimum Gasteiger partial charge on any atom is -0.493 e. The second-order valence-corrected chi connectivity index (χ2v) is 10.6. The Kier molecular flexibility index (Phi) is 9.63. The van der Waals surface area contributed by atoms with E-state index in [1.165, 1.54) is 13.5 Å². The molecule has 0 aliphatic heterocycles. The van der Waals surface area contributed by atoms with Gasteiger partial charge in [-0.15, -0.1) is 0 Å². The number of anilines is 1. The Labute approximate surface area is 219 Å². The summed E-state index contributed by atoms with van der Waals surface area (Å²) in [6, 6.07) is 10.5. The van der Waals surface area contributed by atoms with Crippen LogP contribution in [0, 0.1) is 11.3 Å². The molecule has 1 fully saturated rings. The Bertz CT molecular complexity index is 1070. The zero-order valence-corrected chi connectivity index (χ0v) is 22.5. The lowest BCUT2D eigenvalue weighted by Crippen LogP contribution is -2.41. The highest BCUT2D eigenvalue weighted by Crippen LogP contribution is 2.31. The molecule has 0 spiro atoms. The first-order chi connectivity index (χ1) is 17.2. The van der Waals surface area contributed by atoms with E-state index in [9.17, 15) is 9.59 Å². The predicted molar refractivity (Wildman–Crippen MR) is 144 cm³/mol. The maximum absolute atomic E-state index is 13.7. The third kappa shape index (κ3) is 7.14. The van der Waals surface area contributed by atoms with Gasteiger partial charge in [0.25, 0.3) is 5.91 Å². The van der Waals surface area contributed by atoms with E-state index in [-0.39, 0.29) is 29.7 Å². The lowest BCUT2D eigenvalue weighted by atomic mass is 9.88. The number of methoxy groups -OCH3 is 2. The number of rotatable bonds is 10. The number of carbonyl (C=O) groups is 2. The van der Waals surface area contributed by atoms with E-state index in [2.05, 4.69) is 5.32 Å². The smallest absolute Gasteiger partial charge is 0.254 e. The highest BCUT2D eigenvalue weighted by Gasteiger charge is 2.27. The number of nitrogens with one attached hydrogen (secondary N) is 1. The summed E-state index contributed by atoms with van der Waals surface area (Å²) in [6.45, 7) is 5.14. The van der Waals surface area contributed by atoms with Crippen LogP contribution in [0.15, 0.2) is 36.4 Å². The van der Waals surface area contributed by atoms with E-state index in [1.54, 1.807) is 42.3 Å². The second kappa shape index (κ2) is 12.5. The summed E-state index contributed by atoms with van der Waals surface area (Å²) in [5, 5.41) is 3.58. The summed E-state index contributed by atoms with van der Waals surface area (Å²) in [5.41, 5.74) is 7.59. The summed E-state index contributed by atoms with van der Waals surface area (Å²) in [5.74, 6) is 0.946. The van der Waals surface area contributed by atoms with E-state index >= 15 is 0 Å². The molecule has 3 rings (SSSR count). The fourth-order valence-corrected chi connectivity index (χ4v) is 4.70. The topological polar surface area (TPSA) is 93.9 Å². The number of hydrogen-bond acceptors (Lipinski definition) is 5. The van der Waals surface area contributed by atoms with Crippen molar-refractivity contribution in [1.82, 2.24) is 4.90 Å². The van der Waals surface area contributed by atoms with Gasteiger partial charge in [-0.3, -0.25) is 9.59 Å². The highest BCUT2D eigenvalue weighted by atomic mass is 35.5. The molecule has 7 nitrogen and oxygen atoms in total. The third-order valence-electron chi connectivity index (χ3n) is 6.74. The molecule has 1 aliphatic rings. The van der Waals surface area contributed by atoms with Crippen LogP contribution >= 0.6 is 11.6 Å². The number of hydrogen-bond donors (Lipinski definition) is 2. The molecule has 36 heavy (non-hydrogen) atoms. The minimum absolute atomic E-state index is 0.0468. The van der Waals surface area contributed by atoms with Crippen molar-refractivity contribution in [2.75, 3.05) is 32.6 Å². The summed E-state index contributed by atoms with van der Waals surface area (Å²) in [7, 11) is 3.09. The number of amides is 2. The first-order valence-electron chi connectivity index (χ1n) is 12.5. The van der Waals surface area contributed by atoms with Gasteiger partial charge in [-0.1, -0.05) is 44.7 Å². The van der Waals surface area contributed by atoms with Crippen LogP contribution in [0.25, 0.3) is 0 Å². The van der Waals surface area contributed by atoms with E-state index in [0.717, 1.165) is 31.2 Å². The second-order valence-electron chi connectivity index (χ2n) is 10.2. The van der Waals surface area contributed by atoms with Crippen LogP contribution in [0.3, 0.4) is 0 Å². The highest BCUT2D eigenvalue weighted by molar-refractivity contribution is 6.31. The van der Waals surface area contributed by atoms with E-state index in [0.29, 0.717) is 40.9 Å². The van der Waals surface area contributed by atoms with Gasteiger partial charge in [-0.05, 0) is 66.8 Å². The van der Waals surface area contributed by atoms with Crippen LogP contribution in [0.1, 0.15) is 61.9 Å². The zero-order chi connectivity index (χ0) is 26.3. The first-order valence-corrected chi connectivity index (χ1v) is 12.9. The largest absolute Gasteiger partial charge is 0.493 e. The van der Waals surface area contributed by atoms with Gasteiger partial charge in [0.1, 0.15) is 0 Å². The normalized spacial score (nSPS) is 14.3. The van der Waals surface area contributed by atoms with Crippen LogP contribution < -0.4 is 20.5 Å². The Morgan fingerprint density at radius 2 is 1.75 bits per heavy atom. The molecule has 0 unspecified atom stereocenters. The summed E-state index contributed by atoms with van der Waals surface area (Å²) >= 11 is 6.56. The van der Waals surface area contributed by atoms with E-state index in [4.69, 9.17) is 26.8 Å². The molecule has 1 saturated carbocycles. The van der Waals surface area contributed by atoms with Crippen molar-refractivity contribution in [3.63, 3.8) is 0 Å². The SMILES string of the molecule is COc1ccc(C(=O)N(Cc2cc(NC(=O)C3CCCCC3)ccc2Cl)CC(C)(C)CN)cc1OC. The van der Waals surface area contributed by atoms with Crippen LogP contribution in [0.2, 0.25) is 5.02 Å². The molecule has 3 N–H and O–H groups in total. The Hall–Kier alpha value is -2.77. The summed E-state index contributed by atoms with van der Waals surface area (Å²) in [4.78, 5) is 28.2. The van der Waals surface area contributed by atoms with Crippen molar-refractivity contribution in [3.05, 3.63) is 52.5 Å². The van der Waals surface area contributed by atoms with E-state index < -0.39 is 0 Å². The fraction of sp³-hybridized carbons (Fsp3) is 0.500. The maximum Gasteiger partial charge on any atom is 0.254 e. The van der Waals surface area contributed by atoms with Crippen molar-refractivity contribution in [3.8, 4) is 11.5 Å². The van der Waals surface area contributed by atoms with Gasteiger partial charge in [0, 0.05) is 35.3 Å². The lowest BCUT2D eigenvalue weighted by molar-refractivity contribution is -0.120. The molecule has 0 heterocycles. The summed E-state index contributed by atoms with van der Waals surface area (Å²) in [6.07, 6.45) is 5.22. The van der Waals surface area contributed by atoms with Crippen LogP contribution in [-0.4, -0.2) is 44.0 Å². The number of benzene rings is 2. The van der Waals surface area contributed by atoms with Crippen molar-refractivity contribution >= 4 is 29.1 Å². The average molecular weight is 516 g/mol. The quantitative estimate of drug-likeness (QED) is 0.435. The van der Waals surface area contributed by atoms with Crippen molar-refractivity contribution < 1.29 is 19.1 Å². The molecule has 2 aromatic rings. The van der Waals surface area contributed by atoms with Gasteiger partial charge >= 0.3 is 0 Å². The standard InChI is InChI=1S/C28H38ClN3O4/c1-28(2,17-30)18-32(27(34)20-10-13-24(35-3)25(15-20)36-4)16-21-14-22(11-12-23(21)29)31-26(33)19-8-6-5-7-9-19/h10-15,19H,5-9,16-18,30H2,1-4H3,(H,31,33). The van der Waals surface area contributed by atoms with Gasteiger partial charge in [-0.25, -0.2) is 0 Å². The Morgan fingerprint density at radius 3 is 2.39 bits per heavy atom. The van der Waals surface area contributed by atoms with Gasteiger partial charge in [0.05, 0.1) is 14.2 Å². The monoisotopic (exact) mass is 515 g/mol. The molecule has 196 valence electrons. The zero-order valence-electron chi connectivity index (χ0n) is 21.7. The van der Waals surface area contributed by atoms with Gasteiger partial charge in [0.2, 0.25) is 5.91 Å². The van der Waals surface area contributed by atoms with Gasteiger partial charge < -0.3 is 25.4 Å². The predicted octanol–water partition coefficient (Wildman–Crippen LogP) is 5.50. The van der Waals surface area contributed by atoms with Crippen molar-refractivity contribution in [1.29, 1.82) is 0 Å². The van der Waals surface area contributed by atoms with Gasteiger partial charge in [0.15, 0.2) is 11.5 Å². The van der Waals surface area contributed by atoms with E-state index in [1.807, 2.05) is 19.9 Å². The molecule has 0 aromatic heterocycles. The molecule has 8 heteroatoms. The molecule has 2 aromatic carbocycles. The van der Waals surface area contributed by atoms with Crippen LogP contribution in [0.5, 0.6) is 11.5 Å². The van der Waals surface area contributed by atoms with Gasteiger partial charge in [-0.2, -0.15) is 0 Å². The van der Waals surface area contributed by atoms with Crippen molar-refractivity contribution in [2.24, 2.45) is 17.1 Å². The lowest BCUT2D eigenvalue weighted by Gasteiger charge is -2.32. The molecule has 0 bridgehead atoms.